The first-order chi connectivity index (χ1) is 5.83. The monoisotopic (exact) mass is 166 g/mol. The molecule has 66 valence electrons. The molecule has 0 aromatic rings. The van der Waals surface area contributed by atoms with Crippen LogP contribution < -0.4 is 0 Å². The molecule has 0 radical (unpaired) electrons. The minimum Gasteiger partial charge on any atom is -0.465 e. The molecule has 0 heterocycles. The number of hydrogen-bond donors (Lipinski definition) is 0. The Hall–Kier alpha value is -1.05. The number of hydrogen-bond acceptors (Lipinski definition) is 2. The van der Waals surface area contributed by atoms with E-state index in [1.807, 2.05) is 0 Å². The van der Waals surface area contributed by atoms with E-state index < -0.39 is 0 Å². The van der Waals surface area contributed by atoms with Crippen LogP contribution in [0.5, 0.6) is 0 Å². The van der Waals surface area contributed by atoms with E-state index in [-0.39, 0.29) is 5.97 Å². The van der Waals surface area contributed by atoms with Gasteiger partial charge in [0.15, 0.2) is 0 Å². The third kappa shape index (κ3) is 2.91. The lowest BCUT2D eigenvalue weighted by Gasteiger charge is -2.01. The van der Waals surface area contributed by atoms with Crippen LogP contribution in [0.2, 0.25) is 0 Å². The van der Waals surface area contributed by atoms with Gasteiger partial charge >= 0.3 is 5.97 Å². The molecule has 0 aliphatic heterocycles. The molecule has 1 aliphatic carbocycles. The third-order valence-corrected chi connectivity index (χ3v) is 1.79. The second-order valence-corrected chi connectivity index (χ2v) is 2.74. The zero-order valence-electron chi connectivity index (χ0n) is 7.38. The summed E-state index contributed by atoms with van der Waals surface area (Å²) in [7, 11) is 0. The maximum Gasteiger partial charge on any atom is 0.305 e. The summed E-state index contributed by atoms with van der Waals surface area (Å²) in [6.45, 7) is 2.32. The predicted octanol–water partition coefficient (Wildman–Crippen LogP) is 2.22. The lowest BCUT2D eigenvalue weighted by atomic mass is 10.2. The summed E-state index contributed by atoms with van der Waals surface area (Å²) in [5, 5.41) is 0. The highest BCUT2D eigenvalue weighted by atomic mass is 16.5. The molecule has 0 bridgehead atoms. The molecular formula is C10H14O2. The van der Waals surface area contributed by atoms with Gasteiger partial charge in [0.25, 0.3) is 0 Å². The highest BCUT2D eigenvalue weighted by molar-refractivity contribution is 5.68. The second-order valence-electron chi connectivity index (χ2n) is 2.74. The zero-order valence-corrected chi connectivity index (χ0v) is 7.38. The largest absolute Gasteiger partial charge is 0.465 e. The Morgan fingerprint density at radius 2 is 2.50 bits per heavy atom. The fraction of sp³-hybridized carbons (Fsp3) is 0.500. The summed E-state index contributed by atoms with van der Waals surface area (Å²) in [5.41, 5.74) is 1.28. The molecule has 0 atom stereocenters. The van der Waals surface area contributed by atoms with Crippen molar-refractivity contribution >= 4 is 5.97 Å². The van der Waals surface area contributed by atoms with E-state index in [2.05, 4.69) is 18.2 Å². The van der Waals surface area contributed by atoms with Crippen molar-refractivity contribution in [2.75, 3.05) is 6.61 Å². The topological polar surface area (TPSA) is 26.3 Å². The van der Waals surface area contributed by atoms with Crippen LogP contribution in [0.15, 0.2) is 23.8 Å². The van der Waals surface area contributed by atoms with Gasteiger partial charge in [-0.15, -0.1) is 0 Å². The summed E-state index contributed by atoms with van der Waals surface area (Å²) < 4.78 is 4.94. The van der Waals surface area contributed by atoms with E-state index in [4.69, 9.17) is 4.74 Å². The van der Waals surface area contributed by atoms with Crippen molar-refractivity contribution in [2.45, 2.75) is 26.2 Å². The fourth-order valence-corrected chi connectivity index (χ4v) is 1.08. The van der Waals surface area contributed by atoms with Crippen LogP contribution in [0.4, 0.5) is 0 Å². The number of carbonyl (C=O) groups excluding carboxylic acids is 1. The van der Waals surface area contributed by atoms with Crippen molar-refractivity contribution in [3.63, 3.8) is 0 Å². The van der Waals surface area contributed by atoms with Gasteiger partial charge in [0.05, 0.1) is 6.61 Å². The second kappa shape index (κ2) is 4.75. The molecule has 0 amide bonds. The minimum atomic E-state index is -0.113. The SMILES string of the molecule is CCC(=O)OCCC1=CCC=C1. The maximum absolute atomic E-state index is 10.7. The van der Waals surface area contributed by atoms with Crippen LogP contribution in [0.25, 0.3) is 0 Å². The average Bonchev–Trinajstić information content (AvgIpc) is 2.57. The number of carbonyl (C=O) groups is 1. The Morgan fingerprint density at radius 1 is 1.67 bits per heavy atom. The van der Waals surface area contributed by atoms with Gasteiger partial charge in [0.1, 0.15) is 0 Å². The summed E-state index contributed by atoms with van der Waals surface area (Å²) in [4.78, 5) is 10.7. The van der Waals surface area contributed by atoms with Crippen molar-refractivity contribution in [3.05, 3.63) is 23.8 Å². The molecule has 0 aromatic heterocycles. The molecule has 0 saturated heterocycles. The van der Waals surface area contributed by atoms with E-state index in [1.54, 1.807) is 6.92 Å². The normalized spacial score (nSPS) is 14.6. The average molecular weight is 166 g/mol. The highest BCUT2D eigenvalue weighted by Crippen LogP contribution is 2.12. The summed E-state index contributed by atoms with van der Waals surface area (Å²) in [6.07, 6.45) is 8.69. The van der Waals surface area contributed by atoms with Gasteiger partial charge in [0.2, 0.25) is 0 Å². The Labute approximate surface area is 72.9 Å². The molecule has 0 unspecified atom stereocenters. The minimum absolute atomic E-state index is 0.113. The van der Waals surface area contributed by atoms with Crippen LogP contribution >= 0.6 is 0 Å². The zero-order chi connectivity index (χ0) is 8.81. The molecule has 12 heavy (non-hydrogen) atoms. The maximum atomic E-state index is 10.7. The van der Waals surface area contributed by atoms with Crippen LogP contribution in [-0.2, 0) is 9.53 Å². The van der Waals surface area contributed by atoms with Crippen LogP contribution in [-0.4, -0.2) is 12.6 Å². The van der Waals surface area contributed by atoms with Gasteiger partial charge in [-0.25, -0.2) is 0 Å². The molecule has 0 aromatic carbocycles. The lowest BCUT2D eigenvalue weighted by molar-refractivity contribution is -0.143. The van der Waals surface area contributed by atoms with Crippen molar-refractivity contribution in [1.82, 2.24) is 0 Å². The Balaban J connectivity index is 2.10. The lowest BCUT2D eigenvalue weighted by Crippen LogP contribution is -2.03. The number of rotatable bonds is 4. The van der Waals surface area contributed by atoms with Gasteiger partial charge in [-0.3, -0.25) is 4.79 Å². The highest BCUT2D eigenvalue weighted by Gasteiger charge is 2.00. The van der Waals surface area contributed by atoms with Crippen molar-refractivity contribution in [2.24, 2.45) is 0 Å². The molecule has 0 fully saturated rings. The van der Waals surface area contributed by atoms with E-state index in [9.17, 15) is 4.79 Å². The third-order valence-electron chi connectivity index (χ3n) is 1.79. The predicted molar refractivity (Wildman–Crippen MR) is 47.7 cm³/mol. The number of ether oxygens (including phenoxy) is 1. The molecule has 0 N–H and O–H groups in total. The molecule has 0 spiro atoms. The fourth-order valence-electron chi connectivity index (χ4n) is 1.08. The Morgan fingerprint density at radius 3 is 3.08 bits per heavy atom. The molecule has 1 aliphatic rings. The van der Waals surface area contributed by atoms with E-state index in [1.165, 1.54) is 5.57 Å². The van der Waals surface area contributed by atoms with Gasteiger partial charge in [-0.1, -0.05) is 25.2 Å². The van der Waals surface area contributed by atoms with Crippen molar-refractivity contribution < 1.29 is 9.53 Å². The van der Waals surface area contributed by atoms with Gasteiger partial charge in [-0.05, 0) is 12.0 Å². The number of esters is 1. The Kier molecular flexibility index (Phi) is 3.58. The molecular weight excluding hydrogens is 152 g/mol. The first-order valence-electron chi connectivity index (χ1n) is 4.34. The van der Waals surface area contributed by atoms with Crippen molar-refractivity contribution in [1.29, 1.82) is 0 Å². The first-order valence-corrected chi connectivity index (χ1v) is 4.34. The van der Waals surface area contributed by atoms with Gasteiger partial charge in [0, 0.05) is 12.8 Å². The van der Waals surface area contributed by atoms with Gasteiger partial charge < -0.3 is 4.74 Å². The van der Waals surface area contributed by atoms with E-state index >= 15 is 0 Å². The molecule has 2 nitrogen and oxygen atoms in total. The first kappa shape index (κ1) is 9.04. The van der Waals surface area contributed by atoms with Crippen LogP contribution in [0, 0.1) is 0 Å². The molecule has 0 saturated carbocycles. The summed E-state index contributed by atoms with van der Waals surface area (Å²) in [5.74, 6) is -0.113. The van der Waals surface area contributed by atoms with E-state index in [0.29, 0.717) is 13.0 Å². The summed E-state index contributed by atoms with van der Waals surface area (Å²) in [6, 6.07) is 0. The van der Waals surface area contributed by atoms with Crippen molar-refractivity contribution in [3.8, 4) is 0 Å². The Bertz CT molecular complexity index is 214. The van der Waals surface area contributed by atoms with Gasteiger partial charge in [-0.2, -0.15) is 0 Å². The van der Waals surface area contributed by atoms with E-state index in [0.717, 1.165) is 12.8 Å². The standard InChI is InChI=1S/C10H14O2/c1-2-10(11)12-8-7-9-5-3-4-6-9/h3,5-6H,2,4,7-8H2,1H3. The summed E-state index contributed by atoms with van der Waals surface area (Å²) >= 11 is 0. The van der Waals surface area contributed by atoms with Crippen LogP contribution in [0.1, 0.15) is 26.2 Å². The number of allylic oxidation sites excluding steroid dienone is 3. The quantitative estimate of drug-likeness (QED) is 0.598. The smallest absolute Gasteiger partial charge is 0.305 e. The van der Waals surface area contributed by atoms with Crippen LogP contribution in [0.3, 0.4) is 0 Å². The molecule has 1 rings (SSSR count). The molecule has 2 heteroatoms.